The third-order valence-corrected chi connectivity index (χ3v) is 5.19. The van der Waals surface area contributed by atoms with E-state index in [0.29, 0.717) is 16.0 Å². The molecule has 0 amide bonds. The Morgan fingerprint density at radius 3 is 2.14 bits per heavy atom. The average molecular weight is 387 g/mol. The molecule has 22 heavy (non-hydrogen) atoms. The van der Waals surface area contributed by atoms with Crippen LogP contribution in [0.4, 0.5) is 0 Å². The van der Waals surface area contributed by atoms with Crippen molar-refractivity contribution in [2.24, 2.45) is 0 Å². The molecule has 0 heterocycles. The van der Waals surface area contributed by atoms with Gasteiger partial charge in [0.2, 0.25) is 0 Å². The number of ether oxygens (including phenoxy) is 2. The van der Waals surface area contributed by atoms with Crippen LogP contribution in [0.1, 0.15) is 5.56 Å². The van der Waals surface area contributed by atoms with Crippen LogP contribution in [0.25, 0.3) is 0 Å². The molecule has 7 heteroatoms. The van der Waals surface area contributed by atoms with Crippen molar-refractivity contribution in [3.63, 3.8) is 0 Å². The topological polar surface area (TPSA) is 61.8 Å². The summed E-state index contributed by atoms with van der Waals surface area (Å²) in [5.41, 5.74) is 0.725. The first-order valence-corrected chi connectivity index (χ1v) is 8.51. The van der Waals surface area contributed by atoms with E-state index in [-0.39, 0.29) is 10.6 Å². The van der Waals surface area contributed by atoms with Gasteiger partial charge in [0.25, 0.3) is 0 Å². The van der Waals surface area contributed by atoms with Gasteiger partial charge in [0.1, 0.15) is 10.6 Å². The summed E-state index contributed by atoms with van der Waals surface area (Å²) < 4.78 is 40.8. The lowest BCUT2D eigenvalue weighted by molar-refractivity contribution is 0.353. The van der Waals surface area contributed by atoms with Gasteiger partial charge in [-0.1, -0.05) is 18.2 Å². The zero-order chi connectivity index (χ0) is 16.3. The Morgan fingerprint density at radius 2 is 1.55 bits per heavy atom. The summed E-state index contributed by atoms with van der Waals surface area (Å²) in [5.74, 6) is 1.01. The molecular weight excluding hydrogens is 372 g/mol. The van der Waals surface area contributed by atoms with Crippen molar-refractivity contribution in [2.75, 3.05) is 14.2 Å². The molecule has 118 valence electrons. The van der Waals surface area contributed by atoms with Crippen molar-refractivity contribution in [3.05, 3.63) is 46.4 Å². The van der Waals surface area contributed by atoms with Crippen LogP contribution in [0.2, 0.25) is 0 Å². The van der Waals surface area contributed by atoms with Gasteiger partial charge < -0.3 is 13.7 Å². The second-order valence-electron chi connectivity index (χ2n) is 4.44. The monoisotopic (exact) mass is 386 g/mol. The van der Waals surface area contributed by atoms with E-state index >= 15 is 0 Å². The van der Waals surface area contributed by atoms with Crippen molar-refractivity contribution in [1.82, 2.24) is 0 Å². The maximum absolute atomic E-state index is 12.5. The van der Waals surface area contributed by atoms with Gasteiger partial charge in [0, 0.05) is 10.5 Å². The summed E-state index contributed by atoms with van der Waals surface area (Å²) in [4.78, 5) is -0.0339. The maximum atomic E-state index is 12.5. The number of benzene rings is 2. The average Bonchev–Trinajstić information content (AvgIpc) is 2.48. The molecule has 0 saturated heterocycles. The quantitative estimate of drug-likeness (QED) is 0.735. The molecule has 0 aliphatic heterocycles. The second-order valence-corrected chi connectivity index (χ2v) is 6.81. The molecule has 0 bridgehead atoms. The molecule has 0 spiro atoms. The first kappa shape index (κ1) is 16.6. The number of methoxy groups -OCH3 is 2. The van der Waals surface area contributed by atoms with E-state index < -0.39 is 10.1 Å². The third kappa shape index (κ3) is 3.36. The highest BCUT2D eigenvalue weighted by Gasteiger charge is 2.23. The zero-order valence-corrected chi connectivity index (χ0v) is 14.7. The molecule has 0 saturated carbocycles. The van der Waals surface area contributed by atoms with Gasteiger partial charge in [-0.3, -0.25) is 0 Å². The van der Waals surface area contributed by atoms with E-state index in [1.807, 2.05) is 0 Å². The molecule has 5 nitrogen and oxygen atoms in total. The fourth-order valence-corrected chi connectivity index (χ4v) is 3.82. The zero-order valence-electron chi connectivity index (χ0n) is 12.3. The highest BCUT2D eigenvalue weighted by atomic mass is 79.9. The van der Waals surface area contributed by atoms with Crippen LogP contribution in [-0.4, -0.2) is 22.6 Å². The van der Waals surface area contributed by atoms with E-state index in [1.165, 1.54) is 26.4 Å². The third-order valence-electron chi connectivity index (χ3n) is 3.00. The Bertz CT molecular complexity index is 787. The molecule has 0 radical (unpaired) electrons. The largest absolute Gasteiger partial charge is 0.493 e. The predicted octanol–water partition coefficient (Wildman–Crippen LogP) is 3.54. The summed E-state index contributed by atoms with van der Waals surface area (Å²) in [7, 11) is -1.10. The fraction of sp³-hybridized carbons (Fsp3) is 0.200. The van der Waals surface area contributed by atoms with E-state index in [9.17, 15) is 8.42 Å². The number of hydrogen-bond donors (Lipinski definition) is 0. The smallest absolute Gasteiger partial charge is 0.340 e. The number of halogens is 1. The van der Waals surface area contributed by atoms with Crippen LogP contribution in [0.3, 0.4) is 0 Å². The van der Waals surface area contributed by atoms with Gasteiger partial charge in [-0.25, -0.2) is 0 Å². The summed E-state index contributed by atoms with van der Waals surface area (Å²) in [6, 6.07) is 9.77. The van der Waals surface area contributed by atoms with Crippen molar-refractivity contribution in [3.8, 4) is 17.2 Å². The molecule has 0 atom stereocenters. The van der Waals surface area contributed by atoms with Crippen LogP contribution in [0, 0.1) is 6.92 Å². The summed E-state index contributed by atoms with van der Waals surface area (Å²) >= 11 is 3.22. The number of para-hydroxylation sites is 1. The highest BCUT2D eigenvalue weighted by molar-refractivity contribution is 9.10. The van der Waals surface area contributed by atoms with E-state index in [4.69, 9.17) is 13.7 Å². The molecule has 0 fully saturated rings. The minimum Gasteiger partial charge on any atom is -0.493 e. The van der Waals surface area contributed by atoms with E-state index in [1.54, 1.807) is 31.2 Å². The molecule has 2 aromatic rings. The lowest BCUT2D eigenvalue weighted by Crippen LogP contribution is -2.11. The van der Waals surface area contributed by atoms with Crippen LogP contribution >= 0.6 is 15.9 Å². The van der Waals surface area contributed by atoms with E-state index in [2.05, 4.69) is 15.9 Å². The maximum Gasteiger partial charge on any atom is 0.340 e. The Kier molecular flexibility index (Phi) is 4.97. The summed E-state index contributed by atoms with van der Waals surface area (Å²) in [6.07, 6.45) is 0. The number of hydrogen-bond acceptors (Lipinski definition) is 5. The lowest BCUT2D eigenvalue weighted by atomic mass is 10.2. The molecule has 0 aliphatic carbocycles. The first-order valence-electron chi connectivity index (χ1n) is 6.30. The minimum absolute atomic E-state index is 0.0339. The minimum atomic E-state index is -4.01. The first-order chi connectivity index (χ1) is 10.4. The Labute approximate surface area is 138 Å². The molecule has 2 aromatic carbocycles. The SMILES string of the molecule is COc1cc(Br)c(S(=O)(=O)Oc2ccccc2C)cc1OC. The molecule has 0 N–H and O–H groups in total. The van der Waals surface area contributed by atoms with Crippen molar-refractivity contribution in [1.29, 1.82) is 0 Å². The predicted molar refractivity (Wildman–Crippen MR) is 86.2 cm³/mol. The van der Waals surface area contributed by atoms with Gasteiger partial charge in [-0.15, -0.1) is 0 Å². The molecule has 2 rings (SSSR count). The molecular formula is C15H15BrO5S. The van der Waals surface area contributed by atoms with Crippen molar-refractivity contribution >= 4 is 26.0 Å². The molecule has 0 unspecified atom stereocenters. The van der Waals surface area contributed by atoms with Crippen LogP contribution < -0.4 is 13.7 Å². The second kappa shape index (κ2) is 6.58. The Morgan fingerprint density at radius 1 is 0.955 bits per heavy atom. The van der Waals surface area contributed by atoms with Crippen LogP contribution in [-0.2, 0) is 10.1 Å². The van der Waals surface area contributed by atoms with Gasteiger partial charge in [0.05, 0.1) is 14.2 Å². The van der Waals surface area contributed by atoms with Crippen molar-refractivity contribution < 1.29 is 22.1 Å². The standard InChI is InChI=1S/C15H15BrO5S/c1-10-6-4-5-7-12(10)21-22(17,18)15-9-14(20-3)13(19-2)8-11(15)16/h4-9H,1-3H3. The van der Waals surface area contributed by atoms with Crippen LogP contribution in [0.5, 0.6) is 17.2 Å². The molecule has 0 aromatic heterocycles. The van der Waals surface area contributed by atoms with Gasteiger partial charge in [-0.2, -0.15) is 8.42 Å². The fourth-order valence-electron chi connectivity index (χ4n) is 1.84. The number of rotatable bonds is 5. The molecule has 0 aliphatic rings. The Balaban J connectivity index is 2.48. The van der Waals surface area contributed by atoms with Gasteiger partial charge >= 0.3 is 10.1 Å². The normalized spacial score (nSPS) is 11.1. The lowest BCUT2D eigenvalue weighted by Gasteiger charge is -2.13. The summed E-state index contributed by atoms with van der Waals surface area (Å²) in [5, 5.41) is 0. The number of aryl methyl sites for hydroxylation is 1. The Hall–Kier alpha value is -1.73. The van der Waals surface area contributed by atoms with Gasteiger partial charge in [0.15, 0.2) is 11.5 Å². The van der Waals surface area contributed by atoms with Gasteiger partial charge in [-0.05, 0) is 40.5 Å². The van der Waals surface area contributed by atoms with Crippen molar-refractivity contribution in [2.45, 2.75) is 11.8 Å². The van der Waals surface area contributed by atoms with E-state index in [0.717, 1.165) is 5.56 Å². The summed E-state index contributed by atoms with van der Waals surface area (Å²) in [6.45, 7) is 1.77. The highest BCUT2D eigenvalue weighted by Crippen LogP contribution is 2.36. The van der Waals surface area contributed by atoms with Crippen LogP contribution in [0.15, 0.2) is 45.8 Å².